The zero-order chi connectivity index (χ0) is 22.6. The molecule has 1 aromatic heterocycles. The van der Waals surface area contributed by atoms with Gasteiger partial charge in [-0.05, 0) is 26.0 Å². The maximum atomic E-state index is 13.0. The number of hydrogen-bond acceptors (Lipinski definition) is 8. The second-order valence-corrected chi connectivity index (χ2v) is 10.1. The Hall–Kier alpha value is -2.31. The SMILES string of the molecule is COc1ccc(S(=O)(=O)N2CCN(C(=O)CSc3nncn3C(C)C)CC2)cc1OC. The monoisotopic (exact) mass is 469 g/mol. The van der Waals surface area contributed by atoms with Crippen molar-refractivity contribution in [3.8, 4) is 11.5 Å². The van der Waals surface area contributed by atoms with Gasteiger partial charge in [0, 0.05) is 38.3 Å². The van der Waals surface area contributed by atoms with E-state index in [0.717, 1.165) is 0 Å². The van der Waals surface area contributed by atoms with E-state index in [1.165, 1.54) is 42.4 Å². The molecule has 2 aromatic rings. The van der Waals surface area contributed by atoms with Crippen molar-refractivity contribution in [2.75, 3.05) is 46.2 Å². The topological polar surface area (TPSA) is 107 Å². The highest BCUT2D eigenvalue weighted by atomic mass is 32.2. The van der Waals surface area contributed by atoms with Crippen LogP contribution in [0.1, 0.15) is 19.9 Å². The maximum Gasteiger partial charge on any atom is 0.243 e. The number of carbonyl (C=O) groups is 1. The van der Waals surface area contributed by atoms with Gasteiger partial charge in [-0.3, -0.25) is 4.79 Å². The van der Waals surface area contributed by atoms with E-state index >= 15 is 0 Å². The molecule has 2 heterocycles. The highest BCUT2D eigenvalue weighted by Gasteiger charge is 2.31. The minimum atomic E-state index is -3.70. The first-order valence-electron chi connectivity index (χ1n) is 9.80. The molecule has 12 heteroatoms. The number of nitrogens with zero attached hydrogens (tertiary/aromatic N) is 5. The average Bonchev–Trinajstić information content (AvgIpc) is 3.26. The highest BCUT2D eigenvalue weighted by Crippen LogP contribution is 2.31. The molecule has 1 aliphatic heterocycles. The number of thioether (sulfide) groups is 1. The molecule has 1 saturated heterocycles. The van der Waals surface area contributed by atoms with Crippen molar-refractivity contribution in [3.05, 3.63) is 24.5 Å². The molecular weight excluding hydrogens is 442 g/mol. The third kappa shape index (κ3) is 5.13. The fourth-order valence-corrected chi connectivity index (χ4v) is 5.60. The van der Waals surface area contributed by atoms with E-state index in [0.29, 0.717) is 29.7 Å². The molecule has 1 fully saturated rings. The van der Waals surface area contributed by atoms with Gasteiger partial charge in [0.1, 0.15) is 6.33 Å². The normalized spacial score (nSPS) is 15.3. The first-order chi connectivity index (χ1) is 14.8. The summed E-state index contributed by atoms with van der Waals surface area (Å²) in [7, 11) is -0.747. The van der Waals surface area contributed by atoms with Crippen LogP contribution in [0.15, 0.2) is 34.6 Å². The predicted molar refractivity (Wildman–Crippen MR) is 116 cm³/mol. The molecule has 1 aromatic carbocycles. The summed E-state index contributed by atoms with van der Waals surface area (Å²) in [6.45, 7) is 5.18. The Kier molecular flexibility index (Phi) is 7.44. The lowest BCUT2D eigenvalue weighted by Crippen LogP contribution is -2.51. The molecule has 1 aliphatic rings. The summed E-state index contributed by atoms with van der Waals surface area (Å²) in [4.78, 5) is 14.4. The van der Waals surface area contributed by atoms with Crippen LogP contribution >= 0.6 is 11.8 Å². The largest absolute Gasteiger partial charge is 0.493 e. The van der Waals surface area contributed by atoms with E-state index in [9.17, 15) is 13.2 Å². The van der Waals surface area contributed by atoms with E-state index in [2.05, 4.69) is 10.2 Å². The number of hydrogen-bond donors (Lipinski definition) is 0. The molecule has 31 heavy (non-hydrogen) atoms. The number of ether oxygens (including phenoxy) is 2. The molecule has 1 amide bonds. The van der Waals surface area contributed by atoms with Gasteiger partial charge in [0.25, 0.3) is 0 Å². The smallest absolute Gasteiger partial charge is 0.243 e. The van der Waals surface area contributed by atoms with Gasteiger partial charge in [0.15, 0.2) is 16.7 Å². The summed E-state index contributed by atoms with van der Waals surface area (Å²) in [6.07, 6.45) is 1.65. The van der Waals surface area contributed by atoms with Gasteiger partial charge >= 0.3 is 0 Å². The quantitative estimate of drug-likeness (QED) is 0.536. The second-order valence-electron chi connectivity index (χ2n) is 7.20. The molecule has 10 nitrogen and oxygen atoms in total. The Morgan fingerprint density at radius 3 is 2.42 bits per heavy atom. The number of aromatic nitrogens is 3. The standard InChI is InChI=1S/C19H27N5O5S2/c1-14(2)24-13-20-21-19(24)30-12-18(25)22-7-9-23(10-8-22)31(26,27)15-5-6-16(28-3)17(11-15)29-4/h5-6,11,13-14H,7-10,12H2,1-4H3. The van der Waals surface area contributed by atoms with Gasteiger partial charge in [-0.2, -0.15) is 4.31 Å². The average molecular weight is 470 g/mol. The van der Waals surface area contributed by atoms with Crippen molar-refractivity contribution in [1.29, 1.82) is 0 Å². The van der Waals surface area contributed by atoms with Crippen LogP contribution in [0.2, 0.25) is 0 Å². The van der Waals surface area contributed by atoms with Crippen LogP contribution in [-0.2, 0) is 14.8 Å². The number of piperazine rings is 1. The zero-order valence-electron chi connectivity index (χ0n) is 18.0. The number of methoxy groups -OCH3 is 2. The van der Waals surface area contributed by atoms with E-state index in [1.54, 1.807) is 17.3 Å². The van der Waals surface area contributed by atoms with Crippen LogP contribution < -0.4 is 9.47 Å². The Bertz CT molecular complexity index is 1020. The number of rotatable bonds is 8. The Morgan fingerprint density at radius 2 is 1.81 bits per heavy atom. The van der Waals surface area contributed by atoms with Crippen molar-refractivity contribution in [3.63, 3.8) is 0 Å². The molecule has 3 rings (SSSR count). The minimum absolute atomic E-state index is 0.0496. The molecule has 0 saturated carbocycles. The van der Waals surface area contributed by atoms with Crippen molar-refractivity contribution in [2.45, 2.75) is 29.9 Å². The number of carbonyl (C=O) groups excluding carboxylic acids is 1. The lowest BCUT2D eigenvalue weighted by Gasteiger charge is -2.34. The molecule has 0 bridgehead atoms. The molecule has 170 valence electrons. The van der Waals surface area contributed by atoms with Crippen LogP contribution in [0.3, 0.4) is 0 Å². The minimum Gasteiger partial charge on any atom is -0.493 e. The van der Waals surface area contributed by atoms with Gasteiger partial charge < -0.3 is 18.9 Å². The maximum absolute atomic E-state index is 13.0. The van der Waals surface area contributed by atoms with E-state index in [-0.39, 0.29) is 35.7 Å². The lowest BCUT2D eigenvalue weighted by molar-refractivity contribution is -0.129. The van der Waals surface area contributed by atoms with Crippen molar-refractivity contribution in [2.24, 2.45) is 0 Å². The molecule has 0 unspecified atom stereocenters. The number of amides is 1. The van der Waals surface area contributed by atoms with E-state index in [4.69, 9.17) is 9.47 Å². The van der Waals surface area contributed by atoms with Crippen molar-refractivity contribution in [1.82, 2.24) is 24.0 Å². The summed E-state index contributed by atoms with van der Waals surface area (Å²) in [5.74, 6) is 0.992. The van der Waals surface area contributed by atoms with Gasteiger partial charge in [-0.25, -0.2) is 8.42 Å². The van der Waals surface area contributed by atoms with E-state index < -0.39 is 10.0 Å². The summed E-state index contributed by atoms with van der Waals surface area (Å²) in [5.41, 5.74) is 0. The Balaban J connectivity index is 1.59. The van der Waals surface area contributed by atoms with E-state index in [1.807, 2.05) is 18.4 Å². The van der Waals surface area contributed by atoms with Crippen molar-refractivity contribution >= 4 is 27.7 Å². The predicted octanol–water partition coefficient (Wildman–Crippen LogP) is 1.50. The van der Waals surface area contributed by atoms with Gasteiger partial charge in [-0.1, -0.05) is 11.8 Å². The summed E-state index contributed by atoms with van der Waals surface area (Å²) < 4.78 is 39.7. The Labute approximate surface area is 186 Å². The van der Waals surface area contributed by atoms with Crippen LogP contribution in [0.25, 0.3) is 0 Å². The first-order valence-corrected chi connectivity index (χ1v) is 12.2. The zero-order valence-corrected chi connectivity index (χ0v) is 19.6. The van der Waals surface area contributed by atoms with Crippen LogP contribution in [0.4, 0.5) is 0 Å². The van der Waals surface area contributed by atoms with Gasteiger partial charge in [-0.15, -0.1) is 10.2 Å². The number of benzene rings is 1. The van der Waals surface area contributed by atoms with Gasteiger partial charge in [0.05, 0.1) is 24.9 Å². The molecular formula is C19H27N5O5S2. The summed E-state index contributed by atoms with van der Waals surface area (Å²) in [5, 5.41) is 8.65. The summed E-state index contributed by atoms with van der Waals surface area (Å²) >= 11 is 1.34. The first kappa shape index (κ1) is 23.4. The highest BCUT2D eigenvalue weighted by molar-refractivity contribution is 7.99. The third-order valence-corrected chi connectivity index (χ3v) is 7.84. The second kappa shape index (κ2) is 9.88. The molecule has 0 radical (unpaired) electrons. The molecule has 0 spiro atoms. The third-order valence-electron chi connectivity index (χ3n) is 5.01. The van der Waals surface area contributed by atoms with Crippen LogP contribution in [0, 0.1) is 0 Å². The molecule has 0 aliphatic carbocycles. The fourth-order valence-electron chi connectivity index (χ4n) is 3.21. The fraction of sp³-hybridized carbons (Fsp3) is 0.526. The van der Waals surface area contributed by atoms with Crippen LogP contribution in [-0.4, -0.2) is 84.4 Å². The van der Waals surface area contributed by atoms with Crippen molar-refractivity contribution < 1.29 is 22.7 Å². The lowest BCUT2D eigenvalue weighted by atomic mass is 10.3. The Morgan fingerprint density at radius 1 is 1.13 bits per heavy atom. The molecule has 0 atom stereocenters. The number of sulfonamides is 1. The van der Waals surface area contributed by atoms with Crippen LogP contribution in [0.5, 0.6) is 11.5 Å². The molecule has 0 N–H and O–H groups in total. The van der Waals surface area contributed by atoms with Gasteiger partial charge in [0.2, 0.25) is 15.9 Å². The summed E-state index contributed by atoms with van der Waals surface area (Å²) in [6, 6.07) is 4.72.